The molecule has 2 heterocycles. The van der Waals surface area contributed by atoms with Crippen LogP contribution in [0.15, 0.2) is 243 Å². The Kier molecular flexibility index (Phi) is 7.85. The quantitative estimate of drug-likeness (QED) is 0.159. The first-order valence-corrected chi connectivity index (χ1v) is 21.8. The molecule has 0 saturated heterocycles. The van der Waals surface area contributed by atoms with Crippen LogP contribution >= 0.6 is 0 Å². The van der Waals surface area contributed by atoms with Crippen molar-refractivity contribution in [3.05, 3.63) is 265 Å². The topological polar surface area (TPSA) is 9.86 Å². The van der Waals surface area contributed by atoms with Crippen LogP contribution in [0.5, 0.6) is 0 Å². The van der Waals surface area contributed by atoms with Gasteiger partial charge < -0.3 is 9.13 Å². The summed E-state index contributed by atoms with van der Waals surface area (Å²) in [6.07, 6.45) is 0. The zero-order valence-corrected chi connectivity index (χ0v) is 34.5. The van der Waals surface area contributed by atoms with Gasteiger partial charge in [0.25, 0.3) is 0 Å². The molecule has 13 rings (SSSR count). The third-order valence-corrected chi connectivity index (χ3v) is 13.6. The van der Waals surface area contributed by atoms with Crippen LogP contribution in [-0.4, -0.2) is 9.13 Å². The lowest BCUT2D eigenvalue weighted by molar-refractivity contribution is 0.770. The van der Waals surface area contributed by atoms with Crippen LogP contribution < -0.4 is 0 Å². The molecule has 0 unspecified atom stereocenters. The molecule has 0 fully saturated rings. The lowest BCUT2D eigenvalue weighted by Gasteiger charge is -2.34. The maximum absolute atomic E-state index is 2.51. The fourth-order valence-corrected chi connectivity index (χ4v) is 11.0. The molecule has 10 aromatic carbocycles. The Balaban J connectivity index is 1.11. The molecule has 2 nitrogen and oxygen atoms in total. The fraction of sp³-hybridized carbons (Fsp3) is 0.0164. The lowest BCUT2D eigenvalue weighted by Crippen LogP contribution is -2.28. The Morgan fingerprint density at radius 1 is 0.270 bits per heavy atom. The Morgan fingerprint density at radius 3 is 1.56 bits per heavy atom. The minimum absolute atomic E-state index is 0.507. The van der Waals surface area contributed by atoms with Crippen molar-refractivity contribution in [3.8, 4) is 44.8 Å². The highest BCUT2D eigenvalue weighted by atomic mass is 15.0. The molecule has 0 saturated carbocycles. The molecule has 294 valence electrons. The van der Waals surface area contributed by atoms with Crippen LogP contribution in [0.4, 0.5) is 0 Å². The number of para-hydroxylation sites is 2. The second-order valence-electron chi connectivity index (χ2n) is 16.8. The second-order valence-corrected chi connectivity index (χ2v) is 16.8. The van der Waals surface area contributed by atoms with Crippen molar-refractivity contribution >= 4 is 43.6 Å². The minimum Gasteiger partial charge on any atom is -0.309 e. The van der Waals surface area contributed by atoms with Crippen LogP contribution in [0.1, 0.15) is 22.3 Å². The van der Waals surface area contributed by atoms with Gasteiger partial charge in [0.15, 0.2) is 0 Å². The van der Waals surface area contributed by atoms with E-state index < -0.39 is 5.41 Å². The summed E-state index contributed by atoms with van der Waals surface area (Å²) < 4.78 is 4.88. The fourth-order valence-electron chi connectivity index (χ4n) is 11.0. The highest BCUT2D eigenvalue weighted by Gasteiger charge is 2.46. The van der Waals surface area contributed by atoms with Crippen molar-refractivity contribution < 1.29 is 0 Å². The predicted octanol–water partition coefficient (Wildman–Crippen LogP) is 15.6. The highest BCUT2D eigenvalue weighted by Crippen LogP contribution is 2.56. The van der Waals surface area contributed by atoms with Gasteiger partial charge in [0.1, 0.15) is 0 Å². The highest BCUT2D eigenvalue weighted by molar-refractivity contribution is 6.17. The summed E-state index contributed by atoms with van der Waals surface area (Å²) >= 11 is 0. The van der Waals surface area contributed by atoms with E-state index in [-0.39, 0.29) is 0 Å². The normalized spacial score (nSPS) is 12.9. The van der Waals surface area contributed by atoms with Crippen molar-refractivity contribution in [2.75, 3.05) is 0 Å². The van der Waals surface area contributed by atoms with E-state index in [0.717, 1.165) is 11.4 Å². The molecule has 63 heavy (non-hydrogen) atoms. The van der Waals surface area contributed by atoms with Crippen molar-refractivity contribution in [2.24, 2.45) is 0 Å². The van der Waals surface area contributed by atoms with E-state index in [0.29, 0.717) is 0 Å². The average molecular weight is 801 g/mol. The van der Waals surface area contributed by atoms with Gasteiger partial charge in [-0.05, 0) is 116 Å². The number of benzene rings is 10. The van der Waals surface area contributed by atoms with E-state index in [1.165, 1.54) is 99.2 Å². The monoisotopic (exact) mass is 800 g/mol. The van der Waals surface area contributed by atoms with Crippen molar-refractivity contribution in [2.45, 2.75) is 5.41 Å². The zero-order chi connectivity index (χ0) is 41.5. The first-order chi connectivity index (χ1) is 31.3. The molecule has 0 amide bonds. The molecule has 1 aliphatic rings. The first kappa shape index (κ1) is 35.5. The second kappa shape index (κ2) is 13.9. The van der Waals surface area contributed by atoms with Gasteiger partial charge in [-0.1, -0.05) is 182 Å². The van der Waals surface area contributed by atoms with E-state index in [1.54, 1.807) is 0 Å². The third kappa shape index (κ3) is 5.19. The Morgan fingerprint density at radius 2 is 0.794 bits per heavy atom. The van der Waals surface area contributed by atoms with Crippen molar-refractivity contribution in [3.63, 3.8) is 0 Å². The molecule has 2 heteroatoms. The maximum Gasteiger partial charge on any atom is 0.0713 e. The van der Waals surface area contributed by atoms with Crippen molar-refractivity contribution in [1.82, 2.24) is 9.13 Å². The molecule has 2 aromatic heterocycles. The van der Waals surface area contributed by atoms with E-state index in [4.69, 9.17) is 0 Å². The van der Waals surface area contributed by atoms with Crippen LogP contribution in [-0.2, 0) is 5.41 Å². The molecule has 0 atom stereocenters. The van der Waals surface area contributed by atoms with Crippen molar-refractivity contribution in [1.29, 1.82) is 0 Å². The van der Waals surface area contributed by atoms with E-state index in [9.17, 15) is 0 Å². The molecular formula is C61H40N2. The Labute approximate surface area is 366 Å². The summed E-state index contributed by atoms with van der Waals surface area (Å²) in [4.78, 5) is 0. The van der Waals surface area contributed by atoms with Gasteiger partial charge >= 0.3 is 0 Å². The van der Waals surface area contributed by atoms with Gasteiger partial charge in [-0.25, -0.2) is 0 Å². The van der Waals surface area contributed by atoms with Crippen LogP contribution in [0, 0.1) is 0 Å². The summed E-state index contributed by atoms with van der Waals surface area (Å²) in [6.45, 7) is 0. The summed E-state index contributed by atoms with van der Waals surface area (Å²) in [5, 5.41) is 4.96. The molecule has 0 N–H and O–H groups in total. The van der Waals surface area contributed by atoms with Gasteiger partial charge in [-0.3, -0.25) is 0 Å². The minimum atomic E-state index is -0.507. The SMILES string of the molecule is c1ccc(-c2cccc(-n3c4ccc(-c5cccc6c5c5ccccc5n6-c5ccccc5)cc4c4cc(C5(c6ccccc6)c6ccccc6-c6ccccc65)ccc43)c2)cc1. The van der Waals surface area contributed by atoms with Gasteiger partial charge in [0.05, 0.1) is 27.5 Å². The largest absolute Gasteiger partial charge is 0.309 e. The van der Waals surface area contributed by atoms with E-state index in [1.807, 2.05) is 0 Å². The number of rotatable bonds is 6. The van der Waals surface area contributed by atoms with E-state index in [2.05, 4.69) is 252 Å². The number of aromatic nitrogens is 2. The first-order valence-electron chi connectivity index (χ1n) is 21.8. The molecule has 0 bridgehead atoms. The number of fused-ring (bicyclic) bond motifs is 9. The van der Waals surface area contributed by atoms with Gasteiger partial charge in [0, 0.05) is 32.9 Å². The Hall–Kier alpha value is -8.20. The summed E-state index contributed by atoms with van der Waals surface area (Å²) in [5.41, 5.74) is 19.1. The maximum atomic E-state index is 2.51. The Bertz CT molecular complexity index is 3680. The summed E-state index contributed by atoms with van der Waals surface area (Å²) in [7, 11) is 0. The third-order valence-electron chi connectivity index (χ3n) is 13.6. The molecule has 0 radical (unpaired) electrons. The average Bonchev–Trinajstić information content (AvgIpc) is 3.99. The standard InChI is InChI=1S/C61H40N2/c1-4-18-41(19-5-1)42-20-16-25-47(38-42)63-57-36-34-43(48-29-17-33-59-60(48)51-28-12-15-32-56(51)62(59)46-23-8-3-9-24-46)39-52(57)53-40-45(35-37-58(53)63)61(44-21-6-2-7-22-44)54-30-13-10-26-49(54)50-27-11-14-31-55(50)61/h1-40H. The van der Waals surface area contributed by atoms with Gasteiger partial charge in [-0.15, -0.1) is 0 Å². The van der Waals surface area contributed by atoms with Crippen LogP contribution in [0.2, 0.25) is 0 Å². The molecule has 1 aliphatic carbocycles. The summed E-state index contributed by atoms with van der Waals surface area (Å²) in [5.74, 6) is 0. The molecule has 0 aliphatic heterocycles. The molecule has 12 aromatic rings. The van der Waals surface area contributed by atoms with Gasteiger partial charge in [-0.2, -0.15) is 0 Å². The zero-order valence-electron chi connectivity index (χ0n) is 34.5. The van der Waals surface area contributed by atoms with E-state index >= 15 is 0 Å². The molecular weight excluding hydrogens is 761 g/mol. The van der Waals surface area contributed by atoms with Gasteiger partial charge in [0.2, 0.25) is 0 Å². The number of hydrogen-bond donors (Lipinski definition) is 0. The smallest absolute Gasteiger partial charge is 0.0713 e. The lowest BCUT2D eigenvalue weighted by atomic mass is 9.67. The number of hydrogen-bond acceptors (Lipinski definition) is 0. The van der Waals surface area contributed by atoms with Crippen LogP contribution in [0.25, 0.3) is 88.4 Å². The number of nitrogens with zero attached hydrogens (tertiary/aromatic N) is 2. The molecule has 0 spiro atoms. The van der Waals surface area contributed by atoms with Crippen LogP contribution in [0.3, 0.4) is 0 Å². The summed E-state index contributed by atoms with van der Waals surface area (Å²) in [6, 6.07) is 89.6. The predicted molar refractivity (Wildman–Crippen MR) is 263 cm³/mol.